The second-order valence-corrected chi connectivity index (χ2v) is 7.55. The minimum atomic E-state index is -3.50. The van der Waals surface area contributed by atoms with Crippen LogP contribution < -0.4 is 15.4 Å². The second kappa shape index (κ2) is 8.63. The normalized spacial score (nSPS) is 18.3. The van der Waals surface area contributed by atoms with Crippen molar-refractivity contribution in [1.29, 1.82) is 0 Å². The number of piperidine rings is 1. The molecule has 0 radical (unpaired) electrons. The van der Waals surface area contributed by atoms with E-state index < -0.39 is 10.0 Å². The Bertz CT molecular complexity index is 611. The zero-order chi connectivity index (χ0) is 16.2. The molecule has 1 amide bonds. The van der Waals surface area contributed by atoms with Crippen LogP contribution >= 0.6 is 12.4 Å². The summed E-state index contributed by atoms with van der Waals surface area (Å²) in [4.78, 5) is 12.3. The summed E-state index contributed by atoms with van der Waals surface area (Å²) in [7, 11) is -3.50. The molecule has 1 atom stereocenters. The molecule has 1 heterocycles. The summed E-state index contributed by atoms with van der Waals surface area (Å²) in [5.74, 6) is -0.0529. The lowest BCUT2D eigenvalue weighted by molar-refractivity contribution is -0.120. The van der Waals surface area contributed by atoms with E-state index in [9.17, 15) is 13.2 Å². The molecule has 2 rings (SSSR count). The third-order valence-corrected chi connectivity index (χ3v) is 5.17. The molecule has 8 heteroatoms. The fourth-order valence-corrected chi connectivity index (χ4v) is 3.67. The summed E-state index contributed by atoms with van der Waals surface area (Å²) < 4.78 is 26.6. The lowest BCUT2D eigenvalue weighted by Crippen LogP contribution is -2.37. The lowest BCUT2D eigenvalue weighted by atomic mass is 9.99. The van der Waals surface area contributed by atoms with Crippen molar-refractivity contribution in [2.24, 2.45) is 5.92 Å². The zero-order valence-electron chi connectivity index (χ0n) is 13.3. The van der Waals surface area contributed by atoms with Crippen molar-refractivity contribution < 1.29 is 13.2 Å². The number of anilines is 1. The first-order valence-corrected chi connectivity index (χ1v) is 9.01. The summed E-state index contributed by atoms with van der Waals surface area (Å²) in [6.07, 6.45) is 1.87. The molecule has 3 N–H and O–H groups in total. The van der Waals surface area contributed by atoms with Crippen molar-refractivity contribution in [3.05, 3.63) is 24.3 Å². The molecule has 1 unspecified atom stereocenters. The van der Waals surface area contributed by atoms with Gasteiger partial charge in [0.1, 0.15) is 0 Å². The first-order valence-electron chi connectivity index (χ1n) is 7.52. The number of halogens is 1. The smallest absolute Gasteiger partial charge is 0.240 e. The number of carbonyl (C=O) groups is 1. The SMILES string of the molecule is CC(C)NS(=O)(=O)c1ccc(NC(=O)C2CCCNC2)cc1.Cl. The van der Waals surface area contributed by atoms with Crippen LogP contribution in [0.15, 0.2) is 29.2 Å². The minimum absolute atomic E-state index is 0. The van der Waals surface area contributed by atoms with Gasteiger partial charge in [0.25, 0.3) is 0 Å². The lowest BCUT2D eigenvalue weighted by Gasteiger charge is -2.21. The third-order valence-electron chi connectivity index (χ3n) is 3.49. The van der Waals surface area contributed by atoms with Gasteiger partial charge < -0.3 is 10.6 Å². The summed E-state index contributed by atoms with van der Waals surface area (Å²) in [6, 6.07) is 6.06. The van der Waals surface area contributed by atoms with Crippen molar-refractivity contribution in [3.8, 4) is 0 Å². The highest BCUT2D eigenvalue weighted by molar-refractivity contribution is 7.89. The van der Waals surface area contributed by atoms with Gasteiger partial charge in [-0.2, -0.15) is 0 Å². The van der Waals surface area contributed by atoms with Gasteiger partial charge in [-0.15, -0.1) is 12.4 Å². The average molecular weight is 362 g/mol. The fraction of sp³-hybridized carbons (Fsp3) is 0.533. The maximum Gasteiger partial charge on any atom is 0.240 e. The maximum absolute atomic E-state index is 12.1. The van der Waals surface area contributed by atoms with Crippen LogP contribution in [0.3, 0.4) is 0 Å². The summed E-state index contributed by atoms with van der Waals surface area (Å²) >= 11 is 0. The van der Waals surface area contributed by atoms with E-state index in [1.807, 2.05) is 0 Å². The van der Waals surface area contributed by atoms with Crippen LogP contribution in [0, 0.1) is 5.92 Å². The van der Waals surface area contributed by atoms with Crippen molar-refractivity contribution in [2.75, 3.05) is 18.4 Å². The highest BCUT2D eigenvalue weighted by atomic mass is 35.5. The maximum atomic E-state index is 12.1. The molecule has 1 aromatic carbocycles. The molecule has 0 bridgehead atoms. The average Bonchev–Trinajstić information content (AvgIpc) is 2.47. The standard InChI is InChI=1S/C15H23N3O3S.ClH/c1-11(2)18-22(20,21)14-7-5-13(6-8-14)17-15(19)12-4-3-9-16-10-12;/h5-8,11-12,16,18H,3-4,9-10H2,1-2H3,(H,17,19);1H. The predicted octanol–water partition coefficient (Wildman–Crippen LogP) is 1.73. The highest BCUT2D eigenvalue weighted by Crippen LogP contribution is 2.17. The van der Waals surface area contributed by atoms with E-state index in [1.54, 1.807) is 26.0 Å². The fourth-order valence-electron chi connectivity index (χ4n) is 2.42. The molecule has 130 valence electrons. The molecule has 0 aliphatic carbocycles. The quantitative estimate of drug-likeness (QED) is 0.745. The van der Waals surface area contributed by atoms with Crippen molar-refractivity contribution >= 4 is 34.0 Å². The number of benzene rings is 1. The molecule has 1 fully saturated rings. The largest absolute Gasteiger partial charge is 0.326 e. The van der Waals surface area contributed by atoms with E-state index in [0.29, 0.717) is 12.2 Å². The summed E-state index contributed by atoms with van der Waals surface area (Å²) in [6.45, 7) is 5.19. The van der Waals surface area contributed by atoms with Crippen LogP contribution in [0.2, 0.25) is 0 Å². The van der Waals surface area contributed by atoms with Crippen molar-refractivity contribution in [1.82, 2.24) is 10.0 Å². The first-order chi connectivity index (χ1) is 10.4. The molecule has 1 aliphatic rings. The summed E-state index contributed by atoms with van der Waals surface area (Å²) in [5.41, 5.74) is 0.610. The van der Waals surface area contributed by atoms with Gasteiger partial charge in [-0.3, -0.25) is 4.79 Å². The Kier molecular flexibility index (Phi) is 7.47. The minimum Gasteiger partial charge on any atom is -0.326 e. The highest BCUT2D eigenvalue weighted by Gasteiger charge is 2.21. The van der Waals surface area contributed by atoms with Crippen molar-refractivity contribution in [3.63, 3.8) is 0 Å². The van der Waals surface area contributed by atoms with Crippen LogP contribution in [0.5, 0.6) is 0 Å². The number of rotatable bonds is 5. The Balaban J connectivity index is 0.00000264. The monoisotopic (exact) mass is 361 g/mol. The van der Waals surface area contributed by atoms with E-state index in [0.717, 1.165) is 19.4 Å². The topological polar surface area (TPSA) is 87.3 Å². The van der Waals surface area contributed by atoms with Gasteiger partial charge >= 0.3 is 0 Å². The zero-order valence-corrected chi connectivity index (χ0v) is 15.0. The number of hydrogen-bond donors (Lipinski definition) is 3. The van der Waals surface area contributed by atoms with Crippen LogP contribution in [-0.2, 0) is 14.8 Å². The van der Waals surface area contributed by atoms with Crippen LogP contribution in [0.4, 0.5) is 5.69 Å². The van der Waals surface area contributed by atoms with Crippen LogP contribution in [0.25, 0.3) is 0 Å². The molecule has 0 saturated carbocycles. The van der Waals surface area contributed by atoms with E-state index in [-0.39, 0.29) is 35.2 Å². The summed E-state index contributed by atoms with van der Waals surface area (Å²) in [5, 5.41) is 6.04. The number of amides is 1. The molecule has 0 spiro atoms. The molecule has 1 saturated heterocycles. The molecule has 1 aromatic rings. The number of nitrogens with one attached hydrogen (secondary N) is 3. The van der Waals surface area contributed by atoms with E-state index in [4.69, 9.17) is 0 Å². The molecule has 0 aromatic heterocycles. The second-order valence-electron chi connectivity index (χ2n) is 5.83. The first kappa shape index (κ1) is 19.9. The number of hydrogen-bond acceptors (Lipinski definition) is 4. The van der Waals surface area contributed by atoms with E-state index >= 15 is 0 Å². The van der Waals surface area contributed by atoms with Crippen LogP contribution in [-0.4, -0.2) is 33.5 Å². The molecule has 1 aliphatic heterocycles. The van der Waals surface area contributed by atoms with Gasteiger partial charge in [0.05, 0.1) is 10.8 Å². The predicted molar refractivity (Wildman–Crippen MR) is 93.4 cm³/mol. The van der Waals surface area contributed by atoms with Gasteiger partial charge in [-0.1, -0.05) is 0 Å². The Morgan fingerprint density at radius 2 is 1.91 bits per heavy atom. The molecular weight excluding hydrogens is 338 g/mol. The van der Waals surface area contributed by atoms with E-state index in [2.05, 4.69) is 15.4 Å². The van der Waals surface area contributed by atoms with Gasteiger partial charge in [-0.25, -0.2) is 13.1 Å². The molecular formula is C15H24ClN3O3S. The van der Waals surface area contributed by atoms with Crippen LogP contribution in [0.1, 0.15) is 26.7 Å². The van der Waals surface area contributed by atoms with Gasteiger partial charge in [0.15, 0.2) is 0 Å². The Morgan fingerprint density at radius 1 is 1.26 bits per heavy atom. The van der Waals surface area contributed by atoms with Gasteiger partial charge in [-0.05, 0) is 57.5 Å². The van der Waals surface area contributed by atoms with Gasteiger partial charge in [0.2, 0.25) is 15.9 Å². The van der Waals surface area contributed by atoms with Gasteiger partial charge in [0, 0.05) is 18.3 Å². The Labute approximate surface area is 143 Å². The molecule has 6 nitrogen and oxygen atoms in total. The Hall–Kier alpha value is -1.15. The van der Waals surface area contributed by atoms with E-state index in [1.165, 1.54) is 12.1 Å². The third kappa shape index (κ3) is 5.76. The van der Waals surface area contributed by atoms with Crippen molar-refractivity contribution in [2.45, 2.75) is 37.6 Å². The molecule has 23 heavy (non-hydrogen) atoms. The number of sulfonamides is 1. The number of carbonyl (C=O) groups excluding carboxylic acids is 1. The Morgan fingerprint density at radius 3 is 2.43 bits per heavy atom.